The minimum absolute atomic E-state index is 0.0699. The lowest BCUT2D eigenvalue weighted by atomic mass is 9.70. The van der Waals surface area contributed by atoms with Gasteiger partial charge in [0.05, 0.1) is 25.1 Å². The van der Waals surface area contributed by atoms with Crippen LogP contribution in [0.1, 0.15) is 67.8 Å². The molecule has 2 atom stereocenters. The second-order valence-corrected chi connectivity index (χ2v) is 10.4. The highest BCUT2D eigenvalue weighted by Crippen LogP contribution is 2.38. The SMILES string of the molecule is CCOC(=O)c1cc(-c2ccc(OC)cc2)n(-c2ccc(C(=O)NC3CC(C)CC(C)(C)C3)cc2)n1. The summed E-state index contributed by atoms with van der Waals surface area (Å²) < 4.78 is 12.1. The fraction of sp³-hybridized carbons (Fsp3) is 0.414. The largest absolute Gasteiger partial charge is 0.497 e. The van der Waals surface area contributed by atoms with Crippen LogP contribution in [0.25, 0.3) is 16.9 Å². The van der Waals surface area contributed by atoms with Gasteiger partial charge in [-0.1, -0.05) is 20.8 Å². The topological polar surface area (TPSA) is 82.5 Å². The minimum Gasteiger partial charge on any atom is -0.497 e. The van der Waals surface area contributed by atoms with E-state index < -0.39 is 5.97 Å². The molecule has 36 heavy (non-hydrogen) atoms. The zero-order chi connectivity index (χ0) is 25.9. The summed E-state index contributed by atoms with van der Waals surface area (Å²) in [6.07, 6.45) is 3.17. The number of amides is 1. The van der Waals surface area contributed by atoms with Crippen molar-refractivity contribution in [2.45, 2.75) is 53.0 Å². The van der Waals surface area contributed by atoms with E-state index in [1.807, 2.05) is 36.4 Å². The Labute approximate surface area is 212 Å². The van der Waals surface area contributed by atoms with Crippen molar-refractivity contribution in [2.24, 2.45) is 11.3 Å². The van der Waals surface area contributed by atoms with Crippen LogP contribution in [0.5, 0.6) is 5.75 Å². The summed E-state index contributed by atoms with van der Waals surface area (Å²) in [6.45, 7) is 8.82. The first-order valence-electron chi connectivity index (χ1n) is 12.5. The molecule has 3 aromatic rings. The van der Waals surface area contributed by atoms with Crippen LogP contribution in [0.2, 0.25) is 0 Å². The summed E-state index contributed by atoms with van der Waals surface area (Å²) in [7, 11) is 1.62. The van der Waals surface area contributed by atoms with Crippen molar-refractivity contribution >= 4 is 11.9 Å². The highest BCUT2D eigenvalue weighted by atomic mass is 16.5. The highest BCUT2D eigenvalue weighted by molar-refractivity contribution is 5.94. The number of benzene rings is 2. The molecule has 2 unspecified atom stereocenters. The van der Waals surface area contributed by atoms with Crippen LogP contribution in [0, 0.1) is 11.3 Å². The molecule has 0 aliphatic heterocycles. The Balaban J connectivity index is 1.59. The van der Waals surface area contributed by atoms with Gasteiger partial charge >= 0.3 is 5.97 Å². The Hall–Kier alpha value is -3.61. The summed E-state index contributed by atoms with van der Waals surface area (Å²) >= 11 is 0. The molecule has 0 saturated heterocycles. The van der Waals surface area contributed by atoms with E-state index in [1.54, 1.807) is 36.9 Å². The van der Waals surface area contributed by atoms with Gasteiger partial charge in [0.2, 0.25) is 0 Å². The normalized spacial score (nSPS) is 18.9. The average molecular weight is 490 g/mol. The summed E-state index contributed by atoms with van der Waals surface area (Å²) in [5.74, 6) is 0.777. The third-order valence-corrected chi connectivity index (χ3v) is 6.68. The molecule has 1 N–H and O–H groups in total. The molecular formula is C29H35N3O4. The lowest BCUT2D eigenvalue weighted by molar-refractivity contribution is 0.0518. The van der Waals surface area contributed by atoms with Crippen LogP contribution in [0.4, 0.5) is 0 Å². The number of aromatic nitrogens is 2. The van der Waals surface area contributed by atoms with Crippen LogP contribution in [-0.2, 0) is 4.74 Å². The van der Waals surface area contributed by atoms with Crippen molar-refractivity contribution in [1.82, 2.24) is 15.1 Å². The third kappa shape index (κ3) is 5.78. The molecule has 0 bridgehead atoms. The number of rotatable bonds is 7. The Bertz CT molecular complexity index is 1210. The molecule has 7 heteroatoms. The molecule has 1 fully saturated rings. The number of hydrogen-bond acceptors (Lipinski definition) is 5. The fourth-order valence-corrected chi connectivity index (χ4v) is 5.33. The van der Waals surface area contributed by atoms with Gasteiger partial charge in [0, 0.05) is 17.2 Å². The summed E-state index contributed by atoms with van der Waals surface area (Å²) in [4.78, 5) is 25.4. The third-order valence-electron chi connectivity index (χ3n) is 6.68. The Kier molecular flexibility index (Phi) is 7.48. The zero-order valence-corrected chi connectivity index (χ0v) is 21.7. The number of methoxy groups -OCH3 is 1. The van der Waals surface area contributed by atoms with Gasteiger partial charge in [-0.15, -0.1) is 0 Å². The van der Waals surface area contributed by atoms with E-state index >= 15 is 0 Å². The second-order valence-electron chi connectivity index (χ2n) is 10.4. The van der Waals surface area contributed by atoms with Crippen LogP contribution in [0.3, 0.4) is 0 Å². The summed E-state index contributed by atoms with van der Waals surface area (Å²) in [5, 5.41) is 7.75. The molecule has 1 heterocycles. The lowest BCUT2D eigenvalue weighted by Gasteiger charge is -2.39. The predicted molar refractivity (Wildman–Crippen MR) is 140 cm³/mol. The number of nitrogens with one attached hydrogen (secondary N) is 1. The van der Waals surface area contributed by atoms with Crippen molar-refractivity contribution in [3.63, 3.8) is 0 Å². The molecule has 4 rings (SSSR count). The molecule has 1 aliphatic rings. The Morgan fingerprint density at radius 3 is 2.39 bits per heavy atom. The number of ether oxygens (including phenoxy) is 2. The van der Waals surface area contributed by atoms with Gasteiger partial charge in [0.25, 0.3) is 5.91 Å². The molecule has 2 aromatic carbocycles. The number of esters is 1. The van der Waals surface area contributed by atoms with E-state index in [-0.39, 0.29) is 29.7 Å². The van der Waals surface area contributed by atoms with Crippen molar-refractivity contribution in [3.05, 3.63) is 65.9 Å². The second kappa shape index (κ2) is 10.6. The maximum Gasteiger partial charge on any atom is 0.358 e. The summed E-state index contributed by atoms with van der Waals surface area (Å²) in [6, 6.07) is 16.7. The smallest absolute Gasteiger partial charge is 0.358 e. The molecule has 1 amide bonds. The average Bonchev–Trinajstić information content (AvgIpc) is 3.29. The van der Waals surface area contributed by atoms with Crippen molar-refractivity contribution in [1.29, 1.82) is 0 Å². The minimum atomic E-state index is -0.480. The predicted octanol–water partition coefficient (Wildman–Crippen LogP) is 5.67. The molecule has 190 valence electrons. The zero-order valence-electron chi connectivity index (χ0n) is 21.7. The first-order chi connectivity index (χ1) is 17.2. The van der Waals surface area contributed by atoms with Gasteiger partial charge in [0.1, 0.15) is 5.75 Å². The van der Waals surface area contributed by atoms with Gasteiger partial charge in [-0.05, 0) is 92.1 Å². The maximum atomic E-state index is 13.0. The van der Waals surface area contributed by atoms with Gasteiger partial charge in [-0.2, -0.15) is 5.10 Å². The number of nitrogens with zero attached hydrogens (tertiary/aromatic N) is 2. The fourth-order valence-electron chi connectivity index (χ4n) is 5.33. The van der Waals surface area contributed by atoms with Gasteiger partial charge in [-0.3, -0.25) is 4.79 Å². The highest BCUT2D eigenvalue weighted by Gasteiger charge is 2.32. The van der Waals surface area contributed by atoms with E-state index in [2.05, 4.69) is 31.2 Å². The van der Waals surface area contributed by atoms with E-state index in [0.717, 1.165) is 35.5 Å². The monoisotopic (exact) mass is 489 g/mol. The Morgan fingerprint density at radius 2 is 1.78 bits per heavy atom. The van der Waals surface area contributed by atoms with Gasteiger partial charge in [0.15, 0.2) is 5.69 Å². The molecule has 0 radical (unpaired) electrons. The first kappa shape index (κ1) is 25.5. The van der Waals surface area contributed by atoms with Crippen molar-refractivity contribution < 1.29 is 19.1 Å². The van der Waals surface area contributed by atoms with E-state index in [0.29, 0.717) is 11.5 Å². The number of hydrogen-bond donors (Lipinski definition) is 1. The van der Waals surface area contributed by atoms with Crippen LogP contribution < -0.4 is 10.1 Å². The van der Waals surface area contributed by atoms with Crippen molar-refractivity contribution in [3.8, 4) is 22.7 Å². The van der Waals surface area contributed by atoms with E-state index in [4.69, 9.17) is 9.47 Å². The molecule has 7 nitrogen and oxygen atoms in total. The first-order valence-corrected chi connectivity index (χ1v) is 12.5. The molecule has 1 aromatic heterocycles. The summed E-state index contributed by atoms with van der Waals surface area (Å²) in [5.41, 5.74) is 3.39. The Morgan fingerprint density at radius 1 is 1.08 bits per heavy atom. The van der Waals surface area contributed by atoms with E-state index in [9.17, 15) is 9.59 Å². The van der Waals surface area contributed by atoms with Gasteiger partial charge < -0.3 is 14.8 Å². The quantitative estimate of drug-likeness (QED) is 0.433. The standard InChI is InChI=1S/C29H35N3O4/c1-6-36-28(34)25-16-26(20-9-13-24(35-5)14-10-20)32(31-25)23-11-7-21(8-12-23)27(33)30-22-15-19(2)17-29(3,4)18-22/h7-14,16,19,22H,6,15,17-18H2,1-5H3,(H,30,33). The van der Waals surface area contributed by atoms with Crippen molar-refractivity contribution in [2.75, 3.05) is 13.7 Å². The van der Waals surface area contributed by atoms with E-state index in [1.165, 1.54) is 6.42 Å². The van der Waals surface area contributed by atoms with Crippen LogP contribution in [-0.4, -0.2) is 41.4 Å². The molecular weight excluding hydrogens is 454 g/mol. The number of carbonyl (C=O) groups is 2. The van der Waals surface area contributed by atoms with Crippen LogP contribution in [0.15, 0.2) is 54.6 Å². The van der Waals surface area contributed by atoms with Crippen LogP contribution >= 0.6 is 0 Å². The lowest BCUT2D eigenvalue weighted by Crippen LogP contribution is -2.42. The molecule has 0 spiro atoms. The maximum absolute atomic E-state index is 13.0. The molecule has 1 aliphatic carbocycles. The van der Waals surface area contributed by atoms with Gasteiger partial charge in [-0.25, -0.2) is 9.48 Å². The molecule has 1 saturated carbocycles. The number of carbonyl (C=O) groups excluding carboxylic acids is 2.